The number of halogens is 1. The van der Waals surface area contributed by atoms with Gasteiger partial charge in [-0.2, -0.15) is 5.26 Å². The Kier molecular flexibility index (Phi) is 3.47. The van der Waals surface area contributed by atoms with E-state index in [2.05, 4.69) is 22.0 Å². The van der Waals surface area contributed by atoms with Crippen molar-refractivity contribution in [1.29, 1.82) is 5.26 Å². The number of hydrogen-bond donors (Lipinski definition) is 1. The van der Waals surface area contributed by atoms with Gasteiger partial charge in [-0.25, -0.2) is 0 Å². The van der Waals surface area contributed by atoms with Crippen LogP contribution in [0.15, 0.2) is 22.7 Å². The molecule has 2 N–H and O–H groups in total. The molecule has 0 heterocycles. The second kappa shape index (κ2) is 4.40. The SMILES string of the molecule is Cc1cc(C(N)CC#N)ccc1Br. The molecule has 0 bridgehead atoms. The van der Waals surface area contributed by atoms with Crippen LogP contribution in [0.1, 0.15) is 23.6 Å². The molecule has 1 aromatic rings. The first kappa shape index (κ1) is 10.2. The van der Waals surface area contributed by atoms with Crippen LogP contribution in [0.3, 0.4) is 0 Å². The zero-order valence-corrected chi connectivity index (χ0v) is 9.01. The second-order valence-corrected chi connectivity index (χ2v) is 3.83. The second-order valence-electron chi connectivity index (χ2n) is 2.98. The van der Waals surface area contributed by atoms with Crippen LogP contribution < -0.4 is 5.73 Å². The molecule has 0 aliphatic carbocycles. The predicted octanol–water partition coefficient (Wildman–Crippen LogP) is 2.67. The molecule has 13 heavy (non-hydrogen) atoms. The molecule has 0 aliphatic heterocycles. The number of nitriles is 1. The van der Waals surface area contributed by atoms with E-state index in [9.17, 15) is 0 Å². The molecule has 0 amide bonds. The van der Waals surface area contributed by atoms with Crippen molar-refractivity contribution in [3.05, 3.63) is 33.8 Å². The fraction of sp³-hybridized carbons (Fsp3) is 0.300. The Morgan fingerprint density at radius 1 is 1.62 bits per heavy atom. The normalized spacial score (nSPS) is 12.2. The van der Waals surface area contributed by atoms with Crippen LogP contribution in [0.4, 0.5) is 0 Å². The fourth-order valence-corrected chi connectivity index (χ4v) is 1.36. The van der Waals surface area contributed by atoms with Gasteiger partial charge in [0.25, 0.3) is 0 Å². The number of hydrogen-bond acceptors (Lipinski definition) is 2. The lowest BCUT2D eigenvalue weighted by Gasteiger charge is -2.09. The Bertz CT molecular complexity index is 341. The quantitative estimate of drug-likeness (QED) is 0.862. The summed E-state index contributed by atoms with van der Waals surface area (Å²) in [7, 11) is 0. The molecule has 3 heteroatoms. The van der Waals surface area contributed by atoms with Gasteiger partial charge >= 0.3 is 0 Å². The number of nitrogens with two attached hydrogens (primary N) is 1. The predicted molar refractivity (Wildman–Crippen MR) is 56.0 cm³/mol. The minimum Gasteiger partial charge on any atom is -0.323 e. The lowest BCUT2D eigenvalue weighted by molar-refractivity contribution is 0.747. The summed E-state index contributed by atoms with van der Waals surface area (Å²) in [5.74, 6) is 0. The van der Waals surface area contributed by atoms with E-state index in [0.717, 1.165) is 15.6 Å². The Balaban J connectivity index is 2.91. The maximum atomic E-state index is 8.48. The molecule has 0 aliphatic rings. The van der Waals surface area contributed by atoms with Crippen molar-refractivity contribution in [3.8, 4) is 6.07 Å². The molecule has 2 nitrogen and oxygen atoms in total. The summed E-state index contributed by atoms with van der Waals surface area (Å²) in [6, 6.07) is 7.80. The summed E-state index contributed by atoms with van der Waals surface area (Å²) in [6.07, 6.45) is 0.362. The first-order chi connectivity index (χ1) is 6.15. The van der Waals surface area contributed by atoms with E-state index >= 15 is 0 Å². The van der Waals surface area contributed by atoms with Crippen molar-refractivity contribution < 1.29 is 0 Å². The van der Waals surface area contributed by atoms with Crippen LogP contribution >= 0.6 is 15.9 Å². The minimum atomic E-state index is -0.170. The topological polar surface area (TPSA) is 49.8 Å². The smallest absolute Gasteiger partial charge is 0.0641 e. The average molecular weight is 239 g/mol. The van der Waals surface area contributed by atoms with Gasteiger partial charge in [0, 0.05) is 10.5 Å². The minimum absolute atomic E-state index is 0.170. The van der Waals surface area contributed by atoms with Gasteiger partial charge in [0.2, 0.25) is 0 Å². The molecule has 1 aromatic carbocycles. The van der Waals surface area contributed by atoms with Crippen LogP contribution in [0.25, 0.3) is 0 Å². The summed E-state index contributed by atoms with van der Waals surface area (Å²) in [4.78, 5) is 0. The first-order valence-corrected chi connectivity index (χ1v) is 4.83. The van der Waals surface area contributed by atoms with Crippen molar-refractivity contribution in [3.63, 3.8) is 0 Å². The highest BCUT2D eigenvalue weighted by Crippen LogP contribution is 2.21. The fourth-order valence-electron chi connectivity index (χ4n) is 1.11. The molecule has 0 saturated heterocycles. The maximum Gasteiger partial charge on any atom is 0.0641 e. The summed E-state index contributed by atoms with van der Waals surface area (Å²) in [5, 5.41) is 8.48. The van der Waals surface area contributed by atoms with Crippen LogP contribution in [0.2, 0.25) is 0 Å². The molecule has 0 saturated carbocycles. The molecule has 0 radical (unpaired) electrons. The zero-order chi connectivity index (χ0) is 9.84. The molecule has 0 aromatic heterocycles. The standard InChI is InChI=1S/C10H11BrN2/c1-7-6-8(2-3-9(7)11)10(13)4-5-12/h2-3,6,10H,4,13H2,1H3. The first-order valence-electron chi connectivity index (χ1n) is 4.03. The largest absolute Gasteiger partial charge is 0.323 e. The summed E-state index contributed by atoms with van der Waals surface area (Å²) in [5.41, 5.74) is 7.95. The van der Waals surface area contributed by atoms with Gasteiger partial charge in [0.05, 0.1) is 12.5 Å². The summed E-state index contributed by atoms with van der Waals surface area (Å²) in [6.45, 7) is 2.01. The Morgan fingerprint density at radius 2 is 2.31 bits per heavy atom. The highest BCUT2D eigenvalue weighted by molar-refractivity contribution is 9.10. The van der Waals surface area contributed by atoms with Gasteiger partial charge in [-0.05, 0) is 24.1 Å². The van der Waals surface area contributed by atoms with Crippen LogP contribution in [-0.2, 0) is 0 Å². The van der Waals surface area contributed by atoms with E-state index in [0.29, 0.717) is 6.42 Å². The zero-order valence-electron chi connectivity index (χ0n) is 7.42. The maximum absolute atomic E-state index is 8.48. The lowest BCUT2D eigenvalue weighted by atomic mass is 10.0. The van der Waals surface area contributed by atoms with E-state index in [1.807, 2.05) is 25.1 Å². The van der Waals surface area contributed by atoms with E-state index in [1.54, 1.807) is 0 Å². The third-order valence-corrected chi connectivity index (χ3v) is 2.81. The van der Waals surface area contributed by atoms with E-state index in [1.165, 1.54) is 0 Å². The monoisotopic (exact) mass is 238 g/mol. The number of rotatable bonds is 2. The van der Waals surface area contributed by atoms with Crippen LogP contribution in [0, 0.1) is 18.3 Å². The molecular weight excluding hydrogens is 228 g/mol. The van der Waals surface area contributed by atoms with Gasteiger partial charge in [-0.15, -0.1) is 0 Å². The van der Waals surface area contributed by atoms with Crippen molar-refractivity contribution in [2.24, 2.45) is 5.73 Å². The van der Waals surface area contributed by atoms with Crippen molar-refractivity contribution >= 4 is 15.9 Å². The van der Waals surface area contributed by atoms with E-state index in [-0.39, 0.29) is 6.04 Å². The summed E-state index contributed by atoms with van der Waals surface area (Å²) < 4.78 is 1.07. The van der Waals surface area contributed by atoms with Gasteiger partial charge < -0.3 is 5.73 Å². The van der Waals surface area contributed by atoms with Crippen molar-refractivity contribution in [2.75, 3.05) is 0 Å². The van der Waals surface area contributed by atoms with E-state index in [4.69, 9.17) is 11.0 Å². The third kappa shape index (κ3) is 2.55. The Hall–Kier alpha value is -0.850. The van der Waals surface area contributed by atoms with Gasteiger partial charge in [-0.1, -0.05) is 28.1 Å². The van der Waals surface area contributed by atoms with Gasteiger partial charge in [0.1, 0.15) is 0 Å². The summed E-state index contributed by atoms with van der Waals surface area (Å²) >= 11 is 3.41. The highest BCUT2D eigenvalue weighted by Gasteiger charge is 2.05. The molecular formula is C10H11BrN2. The van der Waals surface area contributed by atoms with Crippen LogP contribution in [-0.4, -0.2) is 0 Å². The Morgan fingerprint density at radius 3 is 2.85 bits per heavy atom. The average Bonchev–Trinajstić information content (AvgIpc) is 2.10. The van der Waals surface area contributed by atoms with Gasteiger partial charge in [-0.3, -0.25) is 0 Å². The number of aryl methyl sites for hydroxylation is 1. The molecule has 0 spiro atoms. The molecule has 1 rings (SSSR count). The van der Waals surface area contributed by atoms with Crippen molar-refractivity contribution in [2.45, 2.75) is 19.4 Å². The van der Waals surface area contributed by atoms with E-state index < -0.39 is 0 Å². The molecule has 0 fully saturated rings. The lowest BCUT2D eigenvalue weighted by Crippen LogP contribution is -2.09. The Labute approximate surface area is 86.5 Å². The van der Waals surface area contributed by atoms with Crippen LogP contribution in [0.5, 0.6) is 0 Å². The molecule has 1 atom stereocenters. The van der Waals surface area contributed by atoms with Crippen molar-refractivity contribution in [1.82, 2.24) is 0 Å². The highest BCUT2D eigenvalue weighted by atomic mass is 79.9. The number of benzene rings is 1. The molecule has 68 valence electrons. The van der Waals surface area contributed by atoms with Gasteiger partial charge in [0.15, 0.2) is 0 Å². The third-order valence-electron chi connectivity index (χ3n) is 1.92. The number of nitrogens with zero attached hydrogens (tertiary/aromatic N) is 1. The molecule has 1 unspecified atom stereocenters.